The highest BCUT2D eigenvalue weighted by Gasteiger charge is 2.11. The maximum absolute atomic E-state index is 12.1. The first-order valence-corrected chi connectivity index (χ1v) is 7.60. The predicted octanol–water partition coefficient (Wildman–Crippen LogP) is 2.37. The van der Waals surface area contributed by atoms with E-state index < -0.39 is 0 Å². The standard InChI is InChI=1S/C17H17NO2S/c1-13-5-2-3-6-14(13)8-10-18-17(20)16-15(7-4-11-19)9-12-21-16/h2-3,5-6,9,12,19H,8,10-11H2,1H3,(H,18,20). The van der Waals surface area contributed by atoms with Crippen molar-refractivity contribution in [1.82, 2.24) is 5.32 Å². The smallest absolute Gasteiger partial charge is 0.262 e. The minimum atomic E-state index is -0.204. The summed E-state index contributed by atoms with van der Waals surface area (Å²) in [7, 11) is 0. The zero-order valence-corrected chi connectivity index (χ0v) is 12.7. The van der Waals surface area contributed by atoms with E-state index >= 15 is 0 Å². The summed E-state index contributed by atoms with van der Waals surface area (Å²) in [6.07, 6.45) is 0.807. The van der Waals surface area contributed by atoms with Crippen LogP contribution in [0.1, 0.15) is 26.4 Å². The quantitative estimate of drug-likeness (QED) is 0.852. The Balaban J connectivity index is 1.94. The van der Waals surface area contributed by atoms with Crippen LogP contribution in [0.4, 0.5) is 0 Å². The Kier molecular flexibility index (Phi) is 5.56. The van der Waals surface area contributed by atoms with Gasteiger partial charge in [-0.3, -0.25) is 4.79 Å². The molecule has 3 nitrogen and oxygen atoms in total. The van der Waals surface area contributed by atoms with Crippen LogP contribution in [0.2, 0.25) is 0 Å². The van der Waals surface area contributed by atoms with Crippen LogP contribution in [0.3, 0.4) is 0 Å². The van der Waals surface area contributed by atoms with Crippen molar-refractivity contribution in [3.05, 3.63) is 57.3 Å². The summed E-state index contributed by atoms with van der Waals surface area (Å²) < 4.78 is 0. The molecule has 1 aromatic carbocycles. The molecule has 0 radical (unpaired) electrons. The van der Waals surface area contributed by atoms with Crippen LogP contribution in [0.5, 0.6) is 0 Å². The molecule has 0 fully saturated rings. The molecule has 2 aromatic rings. The van der Waals surface area contributed by atoms with Gasteiger partial charge in [-0.25, -0.2) is 0 Å². The van der Waals surface area contributed by atoms with Crippen LogP contribution >= 0.6 is 11.3 Å². The summed E-state index contributed by atoms with van der Waals surface area (Å²) in [5.41, 5.74) is 3.14. The number of carbonyl (C=O) groups excluding carboxylic acids is 1. The van der Waals surface area contributed by atoms with Crippen molar-refractivity contribution in [2.24, 2.45) is 0 Å². The van der Waals surface area contributed by atoms with Gasteiger partial charge < -0.3 is 10.4 Å². The summed E-state index contributed by atoms with van der Waals surface area (Å²) >= 11 is 1.36. The minimum Gasteiger partial charge on any atom is -0.384 e. The number of aliphatic hydroxyl groups is 1. The Hall–Kier alpha value is -2.09. The molecule has 1 aromatic heterocycles. The normalized spacial score (nSPS) is 9.81. The van der Waals surface area contributed by atoms with Gasteiger partial charge in [0.15, 0.2) is 0 Å². The van der Waals surface area contributed by atoms with E-state index in [1.165, 1.54) is 22.5 Å². The molecular formula is C17H17NO2S. The number of amides is 1. The van der Waals surface area contributed by atoms with Gasteiger partial charge in [0.05, 0.1) is 0 Å². The van der Waals surface area contributed by atoms with Gasteiger partial charge in [-0.1, -0.05) is 36.1 Å². The van der Waals surface area contributed by atoms with Crippen molar-refractivity contribution in [2.45, 2.75) is 13.3 Å². The average molecular weight is 299 g/mol. The second kappa shape index (κ2) is 7.63. The van der Waals surface area contributed by atoms with E-state index in [9.17, 15) is 4.79 Å². The Labute approximate surface area is 128 Å². The molecule has 0 atom stereocenters. The Bertz CT molecular complexity index is 679. The number of nitrogens with one attached hydrogen (secondary N) is 1. The van der Waals surface area contributed by atoms with E-state index in [0.29, 0.717) is 17.0 Å². The van der Waals surface area contributed by atoms with Gasteiger partial charge in [-0.15, -0.1) is 11.3 Å². The number of carbonyl (C=O) groups is 1. The lowest BCUT2D eigenvalue weighted by Gasteiger charge is -2.07. The van der Waals surface area contributed by atoms with E-state index in [2.05, 4.69) is 36.2 Å². The van der Waals surface area contributed by atoms with Gasteiger partial charge in [0.2, 0.25) is 0 Å². The molecular weight excluding hydrogens is 282 g/mol. The number of aryl methyl sites for hydroxylation is 1. The van der Waals surface area contributed by atoms with E-state index in [0.717, 1.165) is 6.42 Å². The lowest BCUT2D eigenvalue weighted by atomic mass is 10.1. The van der Waals surface area contributed by atoms with Gasteiger partial charge in [-0.05, 0) is 35.9 Å². The second-order valence-electron chi connectivity index (χ2n) is 4.56. The predicted molar refractivity (Wildman–Crippen MR) is 85.5 cm³/mol. The fraction of sp³-hybridized carbons (Fsp3) is 0.235. The number of rotatable bonds is 4. The van der Waals surface area contributed by atoms with Gasteiger partial charge in [-0.2, -0.15) is 0 Å². The van der Waals surface area contributed by atoms with Crippen molar-refractivity contribution in [2.75, 3.05) is 13.2 Å². The molecule has 0 aliphatic rings. The Morgan fingerprint density at radius 3 is 2.90 bits per heavy atom. The number of thiophene rings is 1. The third kappa shape index (κ3) is 4.19. The molecule has 0 aliphatic heterocycles. The van der Waals surface area contributed by atoms with Gasteiger partial charge in [0, 0.05) is 12.1 Å². The molecule has 0 saturated heterocycles. The third-order valence-electron chi connectivity index (χ3n) is 3.11. The molecule has 1 heterocycles. The monoisotopic (exact) mass is 299 g/mol. The van der Waals surface area contributed by atoms with Crippen LogP contribution < -0.4 is 5.32 Å². The van der Waals surface area contributed by atoms with Crippen LogP contribution in [0.25, 0.3) is 0 Å². The number of hydrogen-bond acceptors (Lipinski definition) is 3. The van der Waals surface area contributed by atoms with Gasteiger partial charge >= 0.3 is 0 Å². The lowest BCUT2D eigenvalue weighted by molar-refractivity contribution is 0.0958. The van der Waals surface area contributed by atoms with Crippen molar-refractivity contribution < 1.29 is 9.90 Å². The molecule has 2 N–H and O–H groups in total. The highest BCUT2D eigenvalue weighted by Crippen LogP contribution is 2.15. The molecule has 0 unspecified atom stereocenters. The maximum Gasteiger partial charge on any atom is 0.262 e. The molecule has 2 rings (SSSR count). The van der Waals surface area contributed by atoms with Crippen molar-refractivity contribution in [3.63, 3.8) is 0 Å². The maximum atomic E-state index is 12.1. The van der Waals surface area contributed by atoms with Crippen molar-refractivity contribution >= 4 is 17.2 Å². The summed E-state index contributed by atoms with van der Waals surface area (Å²) in [4.78, 5) is 12.7. The second-order valence-corrected chi connectivity index (χ2v) is 5.47. The first kappa shape index (κ1) is 15.3. The molecule has 0 saturated carbocycles. The molecule has 108 valence electrons. The highest BCUT2D eigenvalue weighted by atomic mass is 32.1. The average Bonchev–Trinajstić information content (AvgIpc) is 2.95. The zero-order chi connectivity index (χ0) is 15.1. The van der Waals surface area contributed by atoms with Crippen LogP contribution in [0, 0.1) is 18.8 Å². The number of aliphatic hydroxyl groups excluding tert-OH is 1. The lowest BCUT2D eigenvalue weighted by Crippen LogP contribution is -2.25. The fourth-order valence-corrected chi connectivity index (χ4v) is 2.77. The zero-order valence-electron chi connectivity index (χ0n) is 11.8. The van der Waals surface area contributed by atoms with Crippen molar-refractivity contribution in [1.29, 1.82) is 0 Å². The first-order chi connectivity index (χ1) is 10.2. The molecule has 0 spiro atoms. The topological polar surface area (TPSA) is 49.3 Å². The largest absolute Gasteiger partial charge is 0.384 e. The molecule has 0 bridgehead atoms. The Morgan fingerprint density at radius 1 is 1.33 bits per heavy atom. The van der Waals surface area contributed by atoms with Crippen molar-refractivity contribution in [3.8, 4) is 11.8 Å². The van der Waals surface area contributed by atoms with E-state index in [4.69, 9.17) is 5.11 Å². The molecule has 21 heavy (non-hydrogen) atoms. The first-order valence-electron chi connectivity index (χ1n) is 6.72. The van der Waals surface area contributed by atoms with Gasteiger partial charge in [0.25, 0.3) is 5.91 Å². The number of hydrogen-bond donors (Lipinski definition) is 2. The summed E-state index contributed by atoms with van der Waals surface area (Å²) in [5.74, 6) is 5.25. The van der Waals surface area contributed by atoms with Crippen LogP contribution in [-0.2, 0) is 6.42 Å². The Morgan fingerprint density at radius 2 is 2.14 bits per heavy atom. The van der Waals surface area contributed by atoms with Crippen LogP contribution in [-0.4, -0.2) is 24.2 Å². The molecule has 0 aliphatic carbocycles. The SMILES string of the molecule is Cc1ccccc1CCNC(=O)c1sccc1C#CCO. The van der Waals surface area contributed by atoms with Gasteiger partial charge in [0.1, 0.15) is 11.5 Å². The third-order valence-corrected chi connectivity index (χ3v) is 4.03. The van der Waals surface area contributed by atoms with Crippen LogP contribution in [0.15, 0.2) is 35.7 Å². The van der Waals surface area contributed by atoms with E-state index in [-0.39, 0.29) is 12.5 Å². The van der Waals surface area contributed by atoms with E-state index in [1.807, 2.05) is 17.5 Å². The summed E-state index contributed by atoms with van der Waals surface area (Å²) in [6.45, 7) is 2.46. The summed E-state index contributed by atoms with van der Waals surface area (Å²) in [5, 5.41) is 13.5. The molecule has 1 amide bonds. The molecule has 4 heteroatoms. The van der Waals surface area contributed by atoms with E-state index in [1.54, 1.807) is 6.07 Å². The minimum absolute atomic E-state index is 0.110. The number of benzene rings is 1. The summed E-state index contributed by atoms with van der Waals surface area (Å²) in [6, 6.07) is 9.95. The fourth-order valence-electron chi connectivity index (χ4n) is 2.00. The highest BCUT2D eigenvalue weighted by molar-refractivity contribution is 7.12.